The van der Waals surface area contributed by atoms with Gasteiger partial charge >= 0.3 is 5.97 Å². The highest BCUT2D eigenvalue weighted by Gasteiger charge is 2.19. The van der Waals surface area contributed by atoms with Crippen LogP contribution in [0.1, 0.15) is 19.4 Å². The molecule has 1 aliphatic rings. The zero-order chi connectivity index (χ0) is 16.4. The largest absolute Gasteiger partial charge is 0.466 e. The third kappa shape index (κ3) is 6.78. The number of ether oxygens (including phenoxy) is 1. The number of halogens is 1. The van der Waals surface area contributed by atoms with E-state index in [0.29, 0.717) is 11.8 Å². The highest BCUT2D eigenvalue weighted by molar-refractivity contribution is 8.14. The van der Waals surface area contributed by atoms with Crippen molar-refractivity contribution in [2.75, 3.05) is 18.9 Å². The third-order valence-electron chi connectivity index (χ3n) is 2.52. The SMILES string of the molecule is CCOC(C)=O.N#CN=C1SCCN1Cc1ccc(Cl)nc1. The van der Waals surface area contributed by atoms with Crippen LogP contribution in [0.15, 0.2) is 23.3 Å². The molecule has 1 aromatic rings. The molecule has 2 heterocycles. The van der Waals surface area contributed by atoms with Crippen LogP contribution in [0.25, 0.3) is 0 Å². The van der Waals surface area contributed by atoms with Gasteiger partial charge in [0.1, 0.15) is 5.15 Å². The van der Waals surface area contributed by atoms with E-state index in [4.69, 9.17) is 16.9 Å². The van der Waals surface area contributed by atoms with E-state index in [0.717, 1.165) is 29.6 Å². The maximum absolute atomic E-state index is 9.82. The number of thioether (sulfide) groups is 1. The lowest BCUT2D eigenvalue weighted by atomic mass is 10.3. The van der Waals surface area contributed by atoms with Crippen LogP contribution in [0, 0.1) is 11.5 Å². The second kappa shape index (κ2) is 10.0. The van der Waals surface area contributed by atoms with Crippen LogP contribution in [0.4, 0.5) is 0 Å². The second-order valence-corrected chi connectivity index (χ2v) is 5.63. The van der Waals surface area contributed by atoms with Crippen LogP contribution in [-0.4, -0.2) is 39.9 Å². The fourth-order valence-electron chi connectivity index (χ4n) is 1.65. The quantitative estimate of drug-likeness (QED) is 0.478. The fraction of sp³-hybridized carbons (Fsp3) is 0.429. The van der Waals surface area contributed by atoms with E-state index in [1.165, 1.54) is 6.92 Å². The van der Waals surface area contributed by atoms with Gasteiger partial charge in [0, 0.05) is 32.0 Å². The van der Waals surface area contributed by atoms with Crippen molar-refractivity contribution in [2.45, 2.75) is 20.4 Å². The summed E-state index contributed by atoms with van der Waals surface area (Å²) < 4.78 is 4.40. The summed E-state index contributed by atoms with van der Waals surface area (Å²) in [5, 5.41) is 9.82. The van der Waals surface area contributed by atoms with Gasteiger partial charge < -0.3 is 9.64 Å². The second-order valence-electron chi connectivity index (χ2n) is 4.18. The first-order valence-corrected chi connectivity index (χ1v) is 8.01. The number of pyridine rings is 1. The molecule has 0 atom stereocenters. The lowest BCUT2D eigenvalue weighted by molar-refractivity contribution is -0.140. The molecule has 0 N–H and O–H groups in total. The van der Waals surface area contributed by atoms with Crippen molar-refractivity contribution in [3.8, 4) is 6.19 Å². The van der Waals surface area contributed by atoms with E-state index in [1.54, 1.807) is 30.9 Å². The van der Waals surface area contributed by atoms with Crippen LogP contribution < -0.4 is 0 Å². The molecule has 0 unspecified atom stereocenters. The molecule has 0 radical (unpaired) electrons. The number of carbonyl (C=O) groups excluding carboxylic acids is 1. The van der Waals surface area contributed by atoms with E-state index >= 15 is 0 Å². The number of hydrogen-bond donors (Lipinski definition) is 0. The first-order chi connectivity index (χ1) is 10.6. The number of aromatic nitrogens is 1. The number of nitriles is 1. The third-order valence-corrected chi connectivity index (χ3v) is 3.74. The minimum atomic E-state index is -0.211. The minimum Gasteiger partial charge on any atom is -0.466 e. The molecule has 0 aromatic carbocycles. The normalized spacial score (nSPS) is 15.0. The average Bonchev–Trinajstić information content (AvgIpc) is 2.90. The molecule has 22 heavy (non-hydrogen) atoms. The minimum absolute atomic E-state index is 0.211. The van der Waals surface area contributed by atoms with E-state index in [2.05, 4.69) is 19.6 Å². The van der Waals surface area contributed by atoms with Crippen LogP contribution in [0.5, 0.6) is 0 Å². The molecule has 8 heteroatoms. The number of rotatable bonds is 3. The molecule has 6 nitrogen and oxygen atoms in total. The molecule has 1 saturated heterocycles. The van der Waals surface area contributed by atoms with E-state index in [1.807, 2.05) is 12.3 Å². The Labute approximate surface area is 139 Å². The molecule has 1 fully saturated rings. The Kier molecular flexibility index (Phi) is 8.33. The molecule has 1 aromatic heterocycles. The number of carbonyl (C=O) groups is 1. The molecular formula is C14H17ClN4O2S. The maximum atomic E-state index is 9.82. The number of nitrogens with zero attached hydrogens (tertiary/aromatic N) is 4. The molecule has 0 aliphatic carbocycles. The van der Waals surface area contributed by atoms with Crippen LogP contribution in [0.3, 0.4) is 0 Å². The Morgan fingerprint density at radius 1 is 1.64 bits per heavy atom. The van der Waals surface area contributed by atoms with Gasteiger partial charge in [-0.3, -0.25) is 4.79 Å². The molecule has 0 amide bonds. The van der Waals surface area contributed by atoms with Crippen molar-refractivity contribution in [3.05, 3.63) is 29.0 Å². The molecule has 2 rings (SSSR count). The Bertz CT molecular complexity index is 557. The fourth-order valence-corrected chi connectivity index (χ4v) is 2.70. The summed E-state index contributed by atoms with van der Waals surface area (Å²) in [5.74, 6) is 0.763. The van der Waals surface area contributed by atoms with Gasteiger partial charge in [-0.1, -0.05) is 29.4 Å². The number of amidine groups is 1. The first-order valence-electron chi connectivity index (χ1n) is 6.65. The summed E-state index contributed by atoms with van der Waals surface area (Å²) in [6.07, 6.45) is 3.57. The molecular weight excluding hydrogens is 324 g/mol. The summed E-state index contributed by atoms with van der Waals surface area (Å²) in [5.41, 5.74) is 1.07. The average molecular weight is 341 g/mol. The number of esters is 1. The lowest BCUT2D eigenvalue weighted by Crippen LogP contribution is -2.23. The Balaban J connectivity index is 0.000000346. The topological polar surface area (TPSA) is 78.6 Å². The van der Waals surface area contributed by atoms with Crippen LogP contribution >= 0.6 is 23.4 Å². The Hall–Kier alpha value is -1.78. The Morgan fingerprint density at radius 3 is 2.91 bits per heavy atom. The van der Waals surface area contributed by atoms with Gasteiger partial charge in [-0.25, -0.2) is 4.98 Å². The summed E-state index contributed by atoms with van der Waals surface area (Å²) in [6.45, 7) is 5.28. The molecule has 1 aliphatic heterocycles. The molecule has 118 valence electrons. The van der Waals surface area contributed by atoms with Gasteiger partial charge in [0.2, 0.25) is 6.19 Å². The van der Waals surface area contributed by atoms with Crippen molar-refractivity contribution < 1.29 is 9.53 Å². The van der Waals surface area contributed by atoms with Crippen molar-refractivity contribution >= 4 is 34.5 Å². The molecule has 0 bridgehead atoms. The van der Waals surface area contributed by atoms with Crippen molar-refractivity contribution in [3.63, 3.8) is 0 Å². The van der Waals surface area contributed by atoms with Crippen LogP contribution in [-0.2, 0) is 16.1 Å². The van der Waals surface area contributed by atoms with Gasteiger partial charge in [-0.15, -0.1) is 4.99 Å². The van der Waals surface area contributed by atoms with Crippen molar-refractivity contribution in [1.82, 2.24) is 9.88 Å². The maximum Gasteiger partial charge on any atom is 0.302 e. The van der Waals surface area contributed by atoms with Crippen molar-refractivity contribution in [1.29, 1.82) is 5.26 Å². The van der Waals surface area contributed by atoms with Crippen molar-refractivity contribution in [2.24, 2.45) is 4.99 Å². The summed E-state index contributed by atoms with van der Waals surface area (Å²) >= 11 is 7.32. The highest BCUT2D eigenvalue weighted by Crippen LogP contribution is 2.20. The zero-order valence-corrected chi connectivity index (χ0v) is 14.0. The first kappa shape index (κ1) is 18.3. The monoisotopic (exact) mass is 340 g/mol. The summed E-state index contributed by atoms with van der Waals surface area (Å²) in [6, 6.07) is 3.70. The Morgan fingerprint density at radius 2 is 2.41 bits per heavy atom. The van der Waals surface area contributed by atoms with E-state index in [9.17, 15) is 4.79 Å². The molecule has 0 saturated carbocycles. The van der Waals surface area contributed by atoms with Gasteiger partial charge in [0.25, 0.3) is 0 Å². The van der Waals surface area contributed by atoms with Gasteiger partial charge in [0.05, 0.1) is 6.61 Å². The lowest BCUT2D eigenvalue weighted by Gasteiger charge is -2.16. The molecule has 0 spiro atoms. The van der Waals surface area contributed by atoms with Gasteiger partial charge in [-0.2, -0.15) is 5.26 Å². The van der Waals surface area contributed by atoms with E-state index in [-0.39, 0.29) is 5.97 Å². The van der Waals surface area contributed by atoms with Gasteiger partial charge in [-0.05, 0) is 18.6 Å². The van der Waals surface area contributed by atoms with E-state index < -0.39 is 0 Å². The number of aliphatic imine (C=N–C) groups is 1. The summed E-state index contributed by atoms with van der Waals surface area (Å²) in [7, 11) is 0. The highest BCUT2D eigenvalue weighted by atomic mass is 35.5. The smallest absolute Gasteiger partial charge is 0.302 e. The predicted molar refractivity (Wildman–Crippen MR) is 87.5 cm³/mol. The predicted octanol–water partition coefficient (Wildman–Crippen LogP) is 2.69. The van der Waals surface area contributed by atoms with Gasteiger partial charge in [0.15, 0.2) is 5.17 Å². The zero-order valence-electron chi connectivity index (χ0n) is 12.5. The summed E-state index contributed by atoms with van der Waals surface area (Å²) in [4.78, 5) is 19.7. The standard InChI is InChI=1S/C10H9ClN4S.C4H8O2/c11-9-2-1-8(5-13-9)6-15-3-4-16-10(15)14-7-12;1-3-6-4(2)5/h1-2,5H,3-4,6H2;3H2,1-2H3. The number of hydrogen-bond acceptors (Lipinski definition) is 6. The van der Waals surface area contributed by atoms with Crippen LogP contribution in [0.2, 0.25) is 5.15 Å².